The molecule has 0 radical (unpaired) electrons. The molecular formula is C24H42N6O9. The molecule has 10 N–H and O–H groups in total. The molecule has 0 bridgehead atoms. The van der Waals surface area contributed by atoms with E-state index in [1.807, 2.05) is 13.8 Å². The zero-order chi connectivity index (χ0) is 30.4. The Labute approximate surface area is 227 Å². The Hall–Kier alpha value is -3.75. The van der Waals surface area contributed by atoms with Gasteiger partial charge in [-0.15, -0.1) is 0 Å². The number of hydrogen-bond donors (Lipinski definition) is 8. The first-order valence-corrected chi connectivity index (χ1v) is 12.6. The van der Waals surface area contributed by atoms with E-state index in [0.717, 1.165) is 0 Å². The first kappa shape index (κ1) is 35.2. The second kappa shape index (κ2) is 17.0. The number of carboxylic acid groups (broad SMARTS) is 2. The standard InChI is InChI=1S/C24H42N6O9/c1-11(2)8-14(25)21(35)29-16(10-18(26)31)23(37)28-15(6-7-19(32)33)22(36)27-13(5)20(34)30-17(24(38)39)9-12(3)4/h11-17H,6-10,25H2,1-5H3,(H2,26,31)(H,27,36)(H,28,37)(H,29,35)(H,30,34)(H,32,33)(H,38,39)/t13-,14-,15-,16-,17-/m0/s1. The van der Waals surface area contributed by atoms with Crippen LogP contribution in [0.1, 0.15) is 66.7 Å². The molecule has 0 heterocycles. The maximum atomic E-state index is 12.9. The van der Waals surface area contributed by atoms with Crippen molar-refractivity contribution in [2.75, 3.05) is 0 Å². The molecule has 222 valence electrons. The predicted octanol–water partition coefficient (Wildman–Crippen LogP) is -1.81. The molecule has 15 heteroatoms. The minimum absolute atomic E-state index is 0.0410. The molecule has 0 fully saturated rings. The van der Waals surface area contributed by atoms with Gasteiger partial charge in [0.25, 0.3) is 0 Å². The topological polar surface area (TPSA) is 260 Å². The molecule has 0 aromatic carbocycles. The van der Waals surface area contributed by atoms with E-state index in [2.05, 4.69) is 21.3 Å². The van der Waals surface area contributed by atoms with Gasteiger partial charge in [-0.2, -0.15) is 0 Å². The summed E-state index contributed by atoms with van der Waals surface area (Å²) in [6.45, 7) is 8.49. The first-order valence-electron chi connectivity index (χ1n) is 12.6. The summed E-state index contributed by atoms with van der Waals surface area (Å²) in [5.41, 5.74) is 11.0. The van der Waals surface area contributed by atoms with Gasteiger partial charge in [0.15, 0.2) is 0 Å². The summed E-state index contributed by atoms with van der Waals surface area (Å²) in [6, 6.07) is -6.40. The highest BCUT2D eigenvalue weighted by atomic mass is 16.4. The molecule has 0 aliphatic carbocycles. The van der Waals surface area contributed by atoms with E-state index in [1.54, 1.807) is 13.8 Å². The number of aliphatic carboxylic acids is 2. The lowest BCUT2D eigenvalue weighted by Crippen LogP contribution is -2.58. The van der Waals surface area contributed by atoms with E-state index < -0.39 is 90.9 Å². The van der Waals surface area contributed by atoms with Crippen LogP contribution >= 0.6 is 0 Å². The number of hydrogen-bond acceptors (Lipinski definition) is 8. The van der Waals surface area contributed by atoms with Crippen molar-refractivity contribution in [3.8, 4) is 0 Å². The molecule has 0 aliphatic heterocycles. The summed E-state index contributed by atoms with van der Waals surface area (Å²) in [7, 11) is 0. The largest absolute Gasteiger partial charge is 0.481 e. The summed E-state index contributed by atoms with van der Waals surface area (Å²) in [4.78, 5) is 84.8. The van der Waals surface area contributed by atoms with Gasteiger partial charge in [-0.1, -0.05) is 27.7 Å². The fourth-order valence-electron chi connectivity index (χ4n) is 3.48. The summed E-state index contributed by atoms with van der Waals surface area (Å²) in [6.07, 6.45) is -1.12. The summed E-state index contributed by atoms with van der Waals surface area (Å²) >= 11 is 0. The highest BCUT2D eigenvalue weighted by Crippen LogP contribution is 2.07. The van der Waals surface area contributed by atoms with Crippen LogP contribution in [-0.2, 0) is 33.6 Å². The quantitative estimate of drug-likeness (QED) is 0.0934. The van der Waals surface area contributed by atoms with E-state index in [-0.39, 0.29) is 18.3 Å². The monoisotopic (exact) mass is 558 g/mol. The highest BCUT2D eigenvalue weighted by Gasteiger charge is 2.31. The zero-order valence-corrected chi connectivity index (χ0v) is 23.0. The fraction of sp³-hybridized carbons (Fsp3) is 0.708. The number of carbonyl (C=O) groups is 7. The second-order valence-electron chi connectivity index (χ2n) is 10.2. The van der Waals surface area contributed by atoms with E-state index in [0.29, 0.717) is 6.42 Å². The Balaban J connectivity index is 5.60. The fourth-order valence-corrected chi connectivity index (χ4v) is 3.48. The van der Waals surface area contributed by atoms with Gasteiger partial charge in [-0.3, -0.25) is 28.8 Å². The molecule has 0 aromatic rings. The minimum Gasteiger partial charge on any atom is -0.481 e. The lowest BCUT2D eigenvalue weighted by molar-refractivity contribution is -0.142. The van der Waals surface area contributed by atoms with Crippen molar-refractivity contribution in [2.24, 2.45) is 23.3 Å². The molecular weight excluding hydrogens is 516 g/mol. The van der Waals surface area contributed by atoms with E-state index >= 15 is 0 Å². The third-order valence-electron chi connectivity index (χ3n) is 5.45. The average molecular weight is 559 g/mol. The van der Waals surface area contributed by atoms with Crippen molar-refractivity contribution >= 4 is 41.5 Å². The smallest absolute Gasteiger partial charge is 0.326 e. The van der Waals surface area contributed by atoms with Crippen LogP contribution in [-0.4, -0.2) is 81.9 Å². The van der Waals surface area contributed by atoms with Crippen molar-refractivity contribution < 1.29 is 43.8 Å². The second-order valence-corrected chi connectivity index (χ2v) is 10.2. The maximum Gasteiger partial charge on any atom is 0.326 e. The van der Waals surface area contributed by atoms with Crippen LogP contribution in [0, 0.1) is 11.8 Å². The van der Waals surface area contributed by atoms with Crippen LogP contribution in [0.15, 0.2) is 0 Å². The van der Waals surface area contributed by atoms with Gasteiger partial charge in [-0.25, -0.2) is 4.79 Å². The van der Waals surface area contributed by atoms with Crippen molar-refractivity contribution in [3.05, 3.63) is 0 Å². The van der Waals surface area contributed by atoms with Crippen molar-refractivity contribution in [1.82, 2.24) is 21.3 Å². The Bertz CT molecular complexity index is 909. The average Bonchev–Trinajstić information content (AvgIpc) is 2.78. The molecule has 0 aliphatic rings. The Morgan fingerprint density at radius 1 is 0.667 bits per heavy atom. The molecule has 0 saturated carbocycles. The van der Waals surface area contributed by atoms with Gasteiger partial charge < -0.3 is 42.9 Å². The Morgan fingerprint density at radius 3 is 1.62 bits per heavy atom. The SMILES string of the molecule is CC(C)C[C@H](NC(=O)[C@H](C)NC(=O)[C@H](CCC(=O)O)NC(=O)[C@H](CC(N)=O)NC(=O)[C@@H](N)CC(C)C)C(=O)O. The minimum atomic E-state index is -1.50. The van der Waals surface area contributed by atoms with Gasteiger partial charge in [0.1, 0.15) is 24.2 Å². The number of nitrogens with two attached hydrogens (primary N) is 2. The van der Waals surface area contributed by atoms with Crippen LogP contribution in [0.4, 0.5) is 0 Å². The molecule has 0 spiro atoms. The normalized spacial score (nSPS) is 14.9. The molecule has 0 aromatic heterocycles. The third kappa shape index (κ3) is 14.7. The molecule has 5 amide bonds. The number of amides is 5. The summed E-state index contributed by atoms with van der Waals surface area (Å²) in [5, 5.41) is 27.6. The lowest BCUT2D eigenvalue weighted by atomic mass is 10.0. The summed E-state index contributed by atoms with van der Waals surface area (Å²) < 4.78 is 0. The number of carbonyl (C=O) groups excluding carboxylic acids is 5. The Kier molecular flexibility index (Phi) is 15.3. The van der Waals surface area contributed by atoms with Gasteiger partial charge in [0.2, 0.25) is 29.5 Å². The summed E-state index contributed by atoms with van der Waals surface area (Å²) in [5.74, 6) is -6.90. The van der Waals surface area contributed by atoms with Gasteiger partial charge >= 0.3 is 11.9 Å². The molecule has 0 rings (SSSR count). The number of rotatable bonds is 18. The zero-order valence-electron chi connectivity index (χ0n) is 23.0. The molecule has 0 unspecified atom stereocenters. The maximum absolute atomic E-state index is 12.9. The molecule has 39 heavy (non-hydrogen) atoms. The van der Waals surface area contributed by atoms with Crippen molar-refractivity contribution in [1.29, 1.82) is 0 Å². The first-order chi connectivity index (χ1) is 17.9. The Morgan fingerprint density at radius 2 is 1.15 bits per heavy atom. The lowest BCUT2D eigenvalue weighted by Gasteiger charge is -2.25. The molecule has 0 saturated heterocycles. The molecule has 5 atom stereocenters. The van der Waals surface area contributed by atoms with Crippen LogP contribution < -0.4 is 32.7 Å². The van der Waals surface area contributed by atoms with Crippen LogP contribution in [0.3, 0.4) is 0 Å². The van der Waals surface area contributed by atoms with Gasteiger partial charge in [0, 0.05) is 6.42 Å². The van der Waals surface area contributed by atoms with Crippen LogP contribution in [0.25, 0.3) is 0 Å². The van der Waals surface area contributed by atoms with Crippen LogP contribution in [0.5, 0.6) is 0 Å². The third-order valence-corrected chi connectivity index (χ3v) is 5.45. The van der Waals surface area contributed by atoms with Crippen LogP contribution in [0.2, 0.25) is 0 Å². The van der Waals surface area contributed by atoms with Gasteiger partial charge in [0.05, 0.1) is 12.5 Å². The van der Waals surface area contributed by atoms with Gasteiger partial charge in [-0.05, 0) is 38.0 Å². The number of nitrogens with one attached hydrogen (secondary N) is 4. The van der Waals surface area contributed by atoms with E-state index in [4.69, 9.17) is 16.6 Å². The number of primary amides is 1. The number of carboxylic acids is 2. The van der Waals surface area contributed by atoms with E-state index in [1.165, 1.54) is 6.92 Å². The van der Waals surface area contributed by atoms with Crippen molar-refractivity contribution in [3.63, 3.8) is 0 Å². The predicted molar refractivity (Wildman–Crippen MR) is 139 cm³/mol. The van der Waals surface area contributed by atoms with E-state index in [9.17, 15) is 38.7 Å². The highest BCUT2D eigenvalue weighted by molar-refractivity contribution is 5.97. The van der Waals surface area contributed by atoms with Crippen molar-refractivity contribution in [2.45, 2.75) is 96.9 Å². The molecule has 15 nitrogen and oxygen atoms in total.